The first-order valence-corrected chi connectivity index (χ1v) is 12.9. The standard InChI is InChI=1S/C29H44N2O5/c1-21(2)24(17-23-11-13-27(35-4)28(18-23)36-16-8-15-34-3)19-25(30)26(32)20-31-29(33)14-12-22-9-6-5-7-10-22/h5-7,9-11,13,18,21,24-26,32H,8,12,14-17,19-20,30H2,1-4H3,(H,31,33)/t24-,25-,26-/m0/s1. The third-order valence-electron chi connectivity index (χ3n) is 6.48. The molecule has 7 nitrogen and oxygen atoms in total. The number of aliphatic hydroxyl groups excluding tert-OH is 1. The van der Waals surface area contributed by atoms with Gasteiger partial charge >= 0.3 is 0 Å². The Morgan fingerprint density at radius 1 is 1.03 bits per heavy atom. The first-order valence-electron chi connectivity index (χ1n) is 12.9. The van der Waals surface area contributed by atoms with Gasteiger partial charge in [-0.3, -0.25) is 4.79 Å². The van der Waals surface area contributed by atoms with Crippen LogP contribution in [0.3, 0.4) is 0 Å². The molecule has 7 heteroatoms. The van der Waals surface area contributed by atoms with E-state index in [0.717, 1.165) is 29.7 Å². The maximum atomic E-state index is 12.2. The molecule has 0 aromatic heterocycles. The number of nitrogens with one attached hydrogen (secondary N) is 1. The fourth-order valence-electron chi connectivity index (χ4n) is 4.11. The van der Waals surface area contributed by atoms with Gasteiger partial charge in [0.1, 0.15) is 0 Å². The largest absolute Gasteiger partial charge is 0.493 e. The number of benzene rings is 2. The van der Waals surface area contributed by atoms with Crippen molar-refractivity contribution in [1.82, 2.24) is 5.32 Å². The Labute approximate surface area is 216 Å². The summed E-state index contributed by atoms with van der Waals surface area (Å²) in [6, 6.07) is 15.5. The molecular weight excluding hydrogens is 456 g/mol. The van der Waals surface area contributed by atoms with Crippen LogP contribution in [-0.4, -0.2) is 57.1 Å². The van der Waals surface area contributed by atoms with Crippen LogP contribution in [-0.2, 0) is 22.4 Å². The van der Waals surface area contributed by atoms with Crippen LogP contribution in [0.4, 0.5) is 0 Å². The van der Waals surface area contributed by atoms with Gasteiger partial charge in [0.05, 0.1) is 19.8 Å². The van der Waals surface area contributed by atoms with Gasteiger partial charge in [-0.05, 0) is 54.4 Å². The van der Waals surface area contributed by atoms with E-state index in [1.54, 1.807) is 14.2 Å². The van der Waals surface area contributed by atoms with Crippen LogP contribution in [0, 0.1) is 11.8 Å². The molecule has 0 heterocycles. The van der Waals surface area contributed by atoms with Crippen LogP contribution < -0.4 is 20.5 Å². The molecule has 0 saturated carbocycles. The summed E-state index contributed by atoms with van der Waals surface area (Å²) in [4.78, 5) is 12.2. The SMILES string of the molecule is COCCCOc1cc(C[C@@H](C[C@H](N)[C@@H](O)CNC(=O)CCc2ccccc2)C(C)C)ccc1OC. The van der Waals surface area contributed by atoms with Gasteiger partial charge in [0.25, 0.3) is 0 Å². The first-order chi connectivity index (χ1) is 17.3. The molecule has 3 atom stereocenters. The van der Waals surface area contributed by atoms with Gasteiger partial charge < -0.3 is 30.4 Å². The fourth-order valence-corrected chi connectivity index (χ4v) is 4.11. The predicted molar refractivity (Wildman–Crippen MR) is 143 cm³/mol. The lowest BCUT2D eigenvalue weighted by Crippen LogP contribution is -2.45. The van der Waals surface area contributed by atoms with Crippen LogP contribution in [0.1, 0.15) is 44.2 Å². The smallest absolute Gasteiger partial charge is 0.220 e. The van der Waals surface area contributed by atoms with Crippen molar-refractivity contribution in [3.05, 3.63) is 59.7 Å². The molecule has 36 heavy (non-hydrogen) atoms. The van der Waals surface area contributed by atoms with Gasteiger partial charge in [0, 0.05) is 39.1 Å². The molecule has 0 fully saturated rings. The van der Waals surface area contributed by atoms with Crippen molar-refractivity contribution in [2.75, 3.05) is 34.0 Å². The molecule has 0 unspecified atom stereocenters. The minimum atomic E-state index is -0.803. The van der Waals surface area contributed by atoms with Crippen molar-refractivity contribution in [1.29, 1.82) is 0 Å². The van der Waals surface area contributed by atoms with Crippen LogP contribution in [0.2, 0.25) is 0 Å². The molecular formula is C29H44N2O5. The Morgan fingerprint density at radius 2 is 1.78 bits per heavy atom. The van der Waals surface area contributed by atoms with Crippen LogP contribution in [0.5, 0.6) is 11.5 Å². The summed E-state index contributed by atoms with van der Waals surface area (Å²) >= 11 is 0. The van der Waals surface area contributed by atoms with Gasteiger partial charge in [-0.2, -0.15) is 0 Å². The van der Waals surface area contributed by atoms with Gasteiger partial charge in [0.15, 0.2) is 11.5 Å². The van der Waals surface area contributed by atoms with E-state index in [9.17, 15) is 9.90 Å². The summed E-state index contributed by atoms with van der Waals surface area (Å²) in [7, 11) is 3.31. The lowest BCUT2D eigenvalue weighted by atomic mass is 9.83. The zero-order chi connectivity index (χ0) is 26.3. The van der Waals surface area contributed by atoms with E-state index >= 15 is 0 Å². The molecule has 1 amide bonds. The maximum absolute atomic E-state index is 12.2. The Morgan fingerprint density at radius 3 is 2.44 bits per heavy atom. The molecule has 0 bridgehead atoms. The zero-order valence-electron chi connectivity index (χ0n) is 22.2. The monoisotopic (exact) mass is 500 g/mol. The summed E-state index contributed by atoms with van der Waals surface area (Å²) in [5.41, 5.74) is 8.62. The summed E-state index contributed by atoms with van der Waals surface area (Å²) in [6.45, 7) is 5.68. The number of hydrogen-bond acceptors (Lipinski definition) is 6. The number of rotatable bonds is 17. The van der Waals surface area contributed by atoms with Gasteiger partial charge in [-0.15, -0.1) is 0 Å². The van der Waals surface area contributed by atoms with Crippen molar-refractivity contribution in [3.63, 3.8) is 0 Å². The molecule has 0 saturated heterocycles. The van der Waals surface area contributed by atoms with Crippen molar-refractivity contribution >= 4 is 5.91 Å². The zero-order valence-corrected chi connectivity index (χ0v) is 22.2. The number of aliphatic hydroxyl groups is 1. The topological polar surface area (TPSA) is 103 Å². The van der Waals surface area contributed by atoms with Gasteiger partial charge in [0.2, 0.25) is 5.91 Å². The molecule has 0 radical (unpaired) electrons. The molecule has 0 spiro atoms. The summed E-state index contributed by atoms with van der Waals surface area (Å²) in [6.07, 6.45) is 2.50. The number of amides is 1. The van der Waals surface area contributed by atoms with E-state index in [1.165, 1.54) is 0 Å². The second-order valence-corrected chi connectivity index (χ2v) is 9.64. The van der Waals surface area contributed by atoms with E-state index in [0.29, 0.717) is 44.1 Å². The van der Waals surface area contributed by atoms with E-state index in [1.807, 2.05) is 48.5 Å². The summed E-state index contributed by atoms with van der Waals surface area (Å²) < 4.78 is 16.5. The molecule has 0 aliphatic carbocycles. The first kappa shape index (κ1) is 29.6. The molecule has 200 valence electrons. The lowest BCUT2D eigenvalue weighted by Gasteiger charge is -2.27. The second kappa shape index (κ2) is 16.2. The minimum absolute atomic E-state index is 0.0817. The highest BCUT2D eigenvalue weighted by atomic mass is 16.5. The van der Waals surface area contributed by atoms with Crippen molar-refractivity contribution in [2.45, 2.75) is 58.1 Å². The molecule has 4 N–H and O–H groups in total. The van der Waals surface area contributed by atoms with E-state index in [4.69, 9.17) is 19.9 Å². The van der Waals surface area contributed by atoms with E-state index in [2.05, 4.69) is 19.2 Å². The van der Waals surface area contributed by atoms with Crippen LogP contribution in [0.15, 0.2) is 48.5 Å². The van der Waals surface area contributed by atoms with Crippen molar-refractivity contribution in [2.24, 2.45) is 17.6 Å². The number of hydrogen-bond donors (Lipinski definition) is 3. The highest BCUT2D eigenvalue weighted by Gasteiger charge is 2.23. The molecule has 0 aliphatic heterocycles. The average Bonchev–Trinajstić information content (AvgIpc) is 2.88. The quantitative estimate of drug-likeness (QED) is 0.286. The van der Waals surface area contributed by atoms with E-state index in [-0.39, 0.29) is 18.4 Å². The molecule has 2 rings (SSSR count). The Balaban J connectivity index is 1.87. The van der Waals surface area contributed by atoms with Gasteiger partial charge in [-0.1, -0.05) is 50.2 Å². The summed E-state index contributed by atoms with van der Waals surface area (Å²) in [5, 5.41) is 13.4. The minimum Gasteiger partial charge on any atom is -0.493 e. The maximum Gasteiger partial charge on any atom is 0.220 e. The molecule has 2 aromatic carbocycles. The average molecular weight is 501 g/mol. The Hall–Kier alpha value is -2.61. The second-order valence-electron chi connectivity index (χ2n) is 9.64. The highest BCUT2D eigenvalue weighted by Crippen LogP contribution is 2.31. The number of aryl methyl sites for hydroxylation is 1. The molecule has 0 aliphatic rings. The number of carbonyl (C=O) groups is 1. The van der Waals surface area contributed by atoms with Crippen LogP contribution >= 0.6 is 0 Å². The third kappa shape index (κ3) is 10.6. The lowest BCUT2D eigenvalue weighted by molar-refractivity contribution is -0.121. The van der Waals surface area contributed by atoms with Gasteiger partial charge in [-0.25, -0.2) is 0 Å². The third-order valence-corrected chi connectivity index (χ3v) is 6.48. The number of carbonyl (C=O) groups excluding carboxylic acids is 1. The number of nitrogens with two attached hydrogens (primary N) is 1. The normalized spacial score (nSPS) is 13.8. The Bertz CT molecular complexity index is 890. The highest BCUT2D eigenvalue weighted by molar-refractivity contribution is 5.76. The van der Waals surface area contributed by atoms with Crippen molar-refractivity contribution in [3.8, 4) is 11.5 Å². The number of methoxy groups -OCH3 is 2. The predicted octanol–water partition coefficient (Wildman–Crippen LogP) is 3.75. The van der Waals surface area contributed by atoms with E-state index < -0.39 is 12.1 Å². The van der Waals surface area contributed by atoms with Crippen molar-refractivity contribution < 1.29 is 24.1 Å². The Kier molecular flexibility index (Phi) is 13.3. The summed E-state index contributed by atoms with van der Waals surface area (Å²) in [5.74, 6) is 1.97. The fraction of sp³-hybridized carbons (Fsp3) is 0.552. The number of ether oxygens (including phenoxy) is 3. The molecule has 2 aromatic rings. The van der Waals surface area contributed by atoms with Crippen LogP contribution in [0.25, 0.3) is 0 Å².